The first kappa shape index (κ1) is 12.3. The average Bonchev–Trinajstić information content (AvgIpc) is 3.03. The molecular weight excluding hydrogens is 238 g/mol. The Bertz CT molecular complexity index is 574. The number of hydrogen-bond donors (Lipinski definition) is 1. The number of rotatable bonds is 4. The maximum absolute atomic E-state index is 5.78. The molecule has 0 amide bonds. The van der Waals surface area contributed by atoms with Gasteiger partial charge in [-0.15, -0.1) is 0 Å². The Hall–Kier alpha value is -1.74. The van der Waals surface area contributed by atoms with E-state index in [4.69, 9.17) is 9.15 Å². The van der Waals surface area contributed by atoms with Crippen LogP contribution >= 0.6 is 0 Å². The monoisotopic (exact) mass is 257 g/mol. The van der Waals surface area contributed by atoms with Crippen LogP contribution in [0.2, 0.25) is 0 Å². The third-order valence-electron chi connectivity index (χ3n) is 3.50. The summed E-state index contributed by atoms with van der Waals surface area (Å²) in [6.45, 7) is 5.78. The molecule has 0 spiro atoms. The molecule has 0 fully saturated rings. The van der Waals surface area contributed by atoms with E-state index < -0.39 is 0 Å². The van der Waals surface area contributed by atoms with Crippen molar-refractivity contribution >= 4 is 0 Å². The number of furan rings is 1. The van der Waals surface area contributed by atoms with Crippen LogP contribution in [0.3, 0.4) is 0 Å². The molecule has 1 aromatic heterocycles. The van der Waals surface area contributed by atoms with Gasteiger partial charge >= 0.3 is 0 Å². The van der Waals surface area contributed by atoms with E-state index in [1.807, 2.05) is 19.1 Å². The van der Waals surface area contributed by atoms with Crippen LogP contribution in [0.4, 0.5) is 0 Å². The first-order valence-electron chi connectivity index (χ1n) is 6.83. The van der Waals surface area contributed by atoms with Gasteiger partial charge in [0.15, 0.2) is 0 Å². The summed E-state index contributed by atoms with van der Waals surface area (Å²) >= 11 is 0. The molecule has 0 aliphatic carbocycles. The van der Waals surface area contributed by atoms with Gasteiger partial charge in [0.2, 0.25) is 0 Å². The van der Waals surface area contributed by atoms with E-state index in [0.717, 1.165) is 36.8 Å². The highest BCUT2D eigenvalue weighted by Gasteiger charge is 2.19. The maximum atomic E-state index is 5.78. The first-order valence-corrected chi connectivity index (χ1v) is 6.83. The van der Waals surface area contributed by atoms with Crippen LogP contribution in [0, 0.1) is 6.92 Å². The summed E-state index contributed by atoms with van der Waals surface area (Å²) in [6.07, 6.45) is 0.999. The lowest BCUT2D eigenvalue weighted by Gasteiger charge is -2.17. The molecule has 1 N–H and O–H groups in total. The van der Waals surface area contributed by atoms with E-state index in [2.05, 4.69) is 30.4 Å². The van der Waals surface area contributed by atoms with E-state index >= 15 is 0 Å². The zero-order valence-electron chi connectivity index (χ0n) is 11.4. The minimum Gasteiger partial charge on any atom is -0.493 e. The predicted molar refractivity (Wildman–Crippen MR) is 74.6 cm³/mol. The van der Waals surface area contributed by atoms with Crippen molar-refractivity contribution in [3.63, 3.8) is 0 Å². The smallest absolute Gasteiger partial charge is 0.125 e. The van der Waals surface area contributed by atoms with Gasteiger partial charge in [-0.3, -0.25) is 0 Å². The summed E-state index contributed by atoms with van der Waals surface area (Å²) in [4.78, 5) is 0. The standard InChI is InChI=1S/C16H19NO2/c1-3-17-16(15-6-4-11(2)19-15)13-5-7-14-12(10-13)8-9-18-14/h4-7,10,16-17H,3,8-9H2,1-2H3. The molecule has 1 aromatic carbocycles. The molecular formula is C16H19NO2. The van der Waals surface area contributed by atoms with E-state index in [1.165, 1.54) is 11.1 Å². The van der Waals surface area contributed by atoms with E-state index in [9.17, 15) is 0 Å². The largest absolute Gasteiger partial charge is 0.493 e. The predicted octanol–water partition coefficient (Wildman–Crippen LogP) is 3.22. The van der Waals surface area contributed by atoms with Crippen LogP contribution in [0.1, 0.15) is 35.6 Å². The molecule has 2 heterocycles. The minimum atomic E-state index is 0.115. The van der Waals surface area contributed by atoms with Crippen molar-refractivity contribution in [3.8, 4) is 5.75 Å². The lowest BCUT2D eigenvalue weighted by Crippen LogP contribution is -2.21. The second-order valence-corrected chi connectivity index (χ2v) is 4.90. The highest BCUT2D eigenvalue weighted by atomic mass is 16.5. The van der Waals surface area contributed by atoms with E-state index in [-0.39, 0.29) is 6.04 Å². The molecule has 1 aliphatic heterocycles. The summed E-state index contributed by atoms with van der Waals surface area (Å²) < 4.78 is 11.3. The van der Waals surface area contributed by atoms with Gasteiger partial charge in [-0.25, -0.2) is 0 Å². The van der Waals surface area contributed by atoms with Crippen LogP contribution in [0.15, 0.2) is 34.7 Å². The van der Waals surface area contributed by atoms with E-state index in [0.29, 0.717) is 0 Å². The van der Waals surface area contributed by atoms with Crippen molar-refractivity contribution in [2.24, 2.45) is 0 Å². The number of fused-ring (bicyclic) bond motifs is 1. The molecule has 0 radical (unpaired) electrons. The Labute approximate surface area is 113 Å². The summed E-state index contributed by atoms with van der Waals surface area (Å²) in [5, 5.41) is 3.49. The normalized spacial score (nSPS) is 15.1. The van der Waals surface area contributed by atoms with Gasteiger partial charge in [-0.2, -0.15) is 0 Å². The van der Waals surface area contributed by atoms with Crippen molar-refractivity contribution in [1.29, 1.82) is 0 Å². The molecule has 0 bridgehead atoms. The average molecular weight is 257 g/mol. The van der Waals surface area contributed by atoms with E-state index in [1.54, 1.807) is 0 Å². The molecule has 0 saturated heterocycles. The fourth-order valence-corrected chi connectivity index (χ4v) is 2.58. The van der Waals surface area contributed by atoms with Gasteiger partial charge in [-0.1, -0.05) is 13.0 Å². The molecule has 3 heteroatoms. The second-order valence-electron chi connectivity index (χ2n) is 4.90. The summed E-state index contributed by atoms with van der Waals surface area (Å²) in [5.74, 6) is 2.94. The zero-order chi connectivity index (χ0) is 13.2. The third-order valence-corrected chi connectivity index (χ3v) is 3.50. The van der Waals surface area contributed by atoms with Crippen LogP contribution in [-0.2, 0) is 6.42 Å². The fourth-order valence-electron chi connectivity index (χ4n) is 2.58. The third kappa shape index (κ3) is 2.38. The molecule has 0 saturated carbocycles. The number of aryl methyl sites for hydroxylation is 1. The highest BCUT2D eigenvalue weighted by Crippen LogP contribution is 2.31. The summed E-state index contributed by atoms with van der Waals surface area (Å²) in [6, 6.07) is 10.6. The summed E-state index contributed by atoms with van der Waals surface area (Å²) in [5.41, 5.74) is 2.53. The highest BCUT2D eigenvalue weighted by molar-refractivity contribution is 5.42. The van der Waals surface area contributed by atoms with Gasteiger partial charge in [0, 0.05) is 6.42 Å². The number of hydrogen-bond acceptors (Lipinski definition) is 3. The maximum Gasteiger partial charge on any atom is 0.125 e. The van der Waals surface area contributed by atoms with Crippen LogP contribution in [0.25, 0.3) is 0 Å². The van der Waals surface area contributed by atoms with Crippen LogP contribution in [-0.4, -0.2) is 13.2 Å². The summed E-state index contributed by atoms with van der Waals surface area (Å²) in [7, 11) is 0. The lowest BCUT2D eigenvalue weighted by molar-refractivity contribution is 0.356. The zero-order valence-corrected chi connectivity index (χ0v) is 11.4. The van der Waals surface area contributed by atoms with Crippen molar-refractivity contribution < 1.29 is 9.15 Å². The van der Waals surface area contributed by atoms with Gasteiger partial charge in [-0.05, 0) is 48.9 Å². The van der Waals surface area contributed by atoms with Gasteiger partial charge in [0.05, 0.1) is 12.6 Å². The quantitative estimate of drug-likeness (QED) is 0.913. The number of benzene rings is 1. The number of nitrogens with one attached hydrogen (secondary N) is 1. The molecule has 2 aromatic rings. The minimum absolute atomic E-state index is 0.115. The molecule has 3 nitrogen and oxygen atoms in total. The molecule has 19 heavy (non-hydrogen) atoms. The molecule has 1 aliphatic rings. The number of ether oxygens (including phenoxy) is 1. The van der Waals surface area contributed by atoms with Gasteiger partial charge in [0.1, 0.15) is 17.3 Å². The lowest BCUT2D eigenvalue weighted by atomic mass is 10.0. The van der Waals surface area contributed by atoms with Crippen molar-refractivity contribution in [2.75, 3.05) is 13.2 Å². The molecule has 1 atom stereocenters. The first-order chi connectivity index (χ1) is 9.28. The fraction of sp³-hybridized carbons (Fsp3) is 0.375. The Kier molecular flexibility index (Phi) is 3.30. The Morgan fingerprint density at radius 1 is 1.26 bits per heavy atom. The Morgan fingerprint density at radius 3 is 2.89 bits per heavy atom. The second kappa shape index (κ2) is 5.10. The SMILES string of the molecule is CCNC(c1ccc2c(c1)CCO2)c1ccc(C)o1. The molecule has 3 rings (SSSR count). The van der Waals surface area contributed by atoms with Crippen molar-refractivity contribution in [2.45, 2.75) is 26.3 Å². The van der Waals surface area contributed by atoms with Crippen molar-refractivity contribution in [3.05, 3.63) is 53.0 Å². The Morgan fingerprint density at radius 2 is 2.16 bits per heavy atom. The van der Waals surface area contributed by atoms with Crippen LogP contribution in [0.5, 0.6) is 5.75 Å². The topological polar surface area (TPSA) is 34.4 Å². The van der Waals surface area contributed by atoms with Gasteiger partial charge in [0.25, 0.3) is 0 Å². The van der Waals surface area contributed by atoms with Crippen LogP contribution < -0.4 is 10.1 Å². The molecule has 100 valence electrons. The van der Waals surface area contributed by atoms with Gasteiger partial charge < -0.3 is 14.5 Å². The molecule has 1 unspecified atom stereocenters. The Balaban J connectivity index is 1.95. The van der Waals surface area contributed by atoms with Crippen molar-refractivity contribution in [1.82, 2.24) is 5.32 Å².